The van der Waals surface area contributed by atoms with Gasteiger partial charge in [-0.1, -0.05) is 43.3 Å². The fourth-order valence-electron chi connectivity index (χ4n) is 3.19. The number of rotatable bonds is 13. The Labute approximate surface area is 197 Å². The number of hydrogen-bond donors (Lipinski definition) is 0. The molecule has 1 aromatic rings. The zero-order chi connectivity index (χ0) is 25.8. The maximum Gasteiger partial charge on any atom is 0.432 e. The highest BCUT2D eigenvalue weighted by atomic mass is 19.4. The van der Waals surface area contributed by atoms with Gasteiger partial charge < -0.3 is 18.9 Å². The zero-order valence-electron chi connectivity index (χ0n) is 19.7. The summed E-state index contributed by atoms with van der Waals surface area (Å²) >= 11 is 0. The van der Waals surface area contributed by atoms with Crippen LogP contribution >= 0.6 is 0 Å². The minimum atomic E-state index is -5.07. The van der Waals surface area contributed by atoms with Crippen molar-refractivity contribution in [3.63, 3.8) is 0 Å². The summed E-state index contributed by atoms with van der Waals surface area (Å²) < 4.78 is 61.7. The SMILES string of the molecule is CCOC(=O)C(CC/C=C/[C@H](CC)OC(=O)C(OC)(c1ccccc1)C(F)(F)F)C(=O)OCC. The molecule has 0 heterocycles. The fraction of sp³-hybridized carbons (Fsp3) is 0.542. The van der Waals surface area contributed by atoms with Crippen LogP contribution in [0.15, 0.2) is 42.5 Å². The number of allylic oxidation sites excluding steroid dienone is 1. The van der Waals surface area contributed by atoms with Crippen molar-refractivity contribution in [1.29, 1.82) is 0 Å². The van der Waals surface area contributed by atoms with E-state index in [9.17, 15) is 27.6 Å². The van der Waals surface area contributed by atoms with Gasteiger partial charge in [0.2, 0.25) is 0 Å². The lowest BCUT2D eigenvalue weighted by Crippen LogP contribution is -2.52. The zero-order valence-corrected chi connectivity index (χ0v) is 19.7. The van der Waals surface area contributed by atoms with E-state index in [0.717, 1.165) is 19.2 Å². The third kappa shape index (κ3) is 7.31. The van der Waals surface area contributed by atoms with Crippen molar-refractivity contribution in [3.8, 4) is 0 Å². The molecule has 0 aromatic heterocycles. The number of ether oxygens (including phenoxy) is 4. The highest BCUT2D eigenvalue weighted by Crippen LogP contribution is 2.43. The highest BCUT2D eigenvalue weighted by Gasteiger charge is 2.64. The number of benzene rings is 1. The predicted molar refractivity (Wildman–Crippen MR) is 116 cm³/mol. The van der Waals surface area contributed by atoms with E-state index in [4.69, 9.17) is 18.9 Å². The van der Waals surface area contributed by atoms with Gasteiger partial charge in [0, 0.05) is 12.7 Å². The number of methoxy groups -OCH3 is 1. The lowest BCUT2D eigenvalue weighted by Gasteiger charge is -2.33. The van der Waals surface area contributed by atoms with Gasteiger partial charge in [-0.2, -0.15) is 13.2 Å². The van der Waals surface area contributed by atoms with Crippen LogP contribution in [0.4, 0.5) is 13.2 Å². The van der Waals surface area contributed by atoms with Gasteiger partial charge in [-0.05, 0) is 39.2 Å². The largest absolute Gasteiger partial charge is 0.465 e. The summed E-state index contributed by atoms with van der Waals surface area (Å²) in [5.41, 5.74) is -3.69. The van der Waals surface area contributed by atoms with Crippen LogP contribution in [0.5, 0.6) is 0 Å². The van der Waals surface area contributed by atoms with Gasteiger partial charge in [-0.15, -0.1) is 0 Å². The smallest absolute Gasteiger partial charge is 0.432 e. The lowest BCUT2D eigenvalue weighted by molar-refractivity contribution is -0.277. The van der Waals surface area contributed by atoms with E-state index in [-0.39, 0.29) is 32.5 Å². The van der Waals surface area contributed by atoms with Crippen LogP contribution in [0.2, 0.25) is 0 Å². The maximum absolute atomic E-state index is 14.0. The number of hydrogen-bond acceptors (Lipinski definition) is 7. The van der Waals surface area contributed by atoms with Gasteiger partial charge in [0.25, 0.3) is 5.60 Å². The van der Waals surface area contributed by atoms with Gasteiger partial charge in [0.15, 0.2) is 5.92 Å². The molecule has 0 aliphatic rings. The Kier molecular flexibility index (Phi) is 11.8. The van der Waals surface area contributed by atoms with E-state index in [0.29, 0.717) is 0 Å². The third-order valence-electron chi connectivity index (χ3n) is 4.95. The molecule has 0 aliphatic carbocycles. The Balaban J connectivity index is 2.97. The van der Waals surface area contributed by atoms with Crippen molar-refractivity contribution in [2.75, 3.05) is 20.3 Å². The van der Waals surface area contributed by atoms with Gasteiger partial charge in [0.05, 0.1) is 13.2 Å². The second kappa shape index (κ2) is 13.7. The first-order valence-corrected chi connectivity index (χ1v) is 11.0. The summed E-state index contributed by atoms with van der Waals surface area (Å²) in [5, 5.41) is 0. The summed E-state index contributed by atoms with van der Waals surface area (Å²) in [6.07, 6.45) is -2.68. The van der Waals surface area contributed by atoms with Gasteiger partial charge in [-0.3, -0.25) is 9.59 Å². The molecular formula is C24H31F3O7. The molecule has 0 fully saturated rings. The summed E-state index contributed by atoms with van der Waals surface area (Å²) in [7, 11) is 0.795. The molecule has 190 valence electrons. The Morgan fingerprint density at radius 1 is 0.971 bits per heavy atom. The van der Waals surface area contributed by atoms with Crippen LogP contribution in [-0.4, -0.2) is 50.5 Å². The highest BCUT2D eigenvalue weighted by molar-refractivity contribution is 5.94. The molecule has 1 aromatic carbocycles. The van der Waals surface area contributed by atoms with Gasteiger partial charge in [0.1, 0.15) is 6.10 Å². The van der Waals surface area contributed by atoms with Crippen LogP contribution in [0.3, 0.4) is 0 Å². The van der Waals surface area contributed by atoms with Gasteiger partial charge in [-0.25, -0.2) is 4.79 Å². The predicted octanol–water partition coefficient (Wildman–Crippen LogP) is 4.49. The second-order valence-electron chi connectivity index (χ2n) is 7.16. The molecule has 0 saturated carbocycles. The summed E-state index contributed by atoms with van der Waals surface area (Å²) in [6.45, 7) is 5.04. The quantitative estimate of drug-likeness (QED) is 0.175. The lowest BCUT2D eigenvalue weighted by atomic mass is 9.92. The maximum atomic E-state index is 14.0. The van der Waals surface area contributed by atoms with Crippen LogP contribution in [-0.2, 0) is 38.9 Å². The molecule has 0 radical (unpaired) electrons. The van der Waals surface area contributed by atoms with E-state index >= 15 is 0 Å². The second-order valence-corrected chi connectivity index (χ2v) is 7.16. The topological polar surface area (TPSA) is 88.1 Å². The van der Waals surface area contributed by atoms with Crippen molar-refractivity contribution in [1.82, 2.24) is 0 Å². The van der Waals surface area contributed by atoms with E-state index in [1.54, 1.807) is 20.8 Å². The number of carbonyl (C=O) groups excluding carboxylic acids is 3. The normalized spacial score (nSPS) is 14.5. The minimum absolute atomic E-state index is 0.0626. The van der Waals surface area contributed by atoms with Gasteiger partial charge >= 0.3 is 24.1 Å². The summed E-state index contributed by atoms with van der Waals surface area (Å²) in [6, 6.07) is 6.52. The molecule has 0 amide bonds. The molecule has 2 atom stereocenters. The monoisotopic (exact) mass is 488 g/mol. The Bertz CT molecular complexity index is 806. The van der Waals surface area contributed by atoms with E-state index in [1.165, 1.54) is 30.4 Å². The molecule has 34 heavy (non-hydrogen) atoms. The molecule has 10 heteroatoms. The average Bonchev–Trinajstić information content (AvgIpc) is 2.79. The van der Waals surface area contributed by atoms with Crippen molar-refractivity contribution < 1.29 is 46.5 Å². The molecule has 1 rings (SSSR count). The summed E-state index contributed by atoms with van der Waals surface area (Å²) in [4.78, 5) is 36.8. The average molecular weight is 488 g/mol. The first-order chi connectivity index (χ1) is 16.1. The molecular weight excluding hydrogens is 457 g/mol. The van der Waals surface area contributed by atoms with Crippen molar-refractivity contribution >= 4 is 17.9 Å². The molecule has 0 saturated heterocycles. The van der Waals surface area contributed by atoms with Crippen LogP contribution < -0.4 is 0 Å². The fourth-order valence-corrected chi connectivity index (χ4v) is 3.19. The van der Waals surface area contributed by atoms with Crippen LogP contribution in [0.1, 0.15) is 45.6 Å². The third-order valence-corrected chi connectivity index (χ3v) is 4.95. The van der Waals surface area contributed by atoms with Crippen LogP contribution in [0.25, 0.3) is 0 Å². The Morgan fingerprint density at radius 3 is 1.97 bits per heavy atom. The van der Waals surface area contributed by atoms with E-state index in [2.05, 4.69) is 0 Å². The summed E-state index contributed by atoms with van der Waals surface area (Å²) in [5.74, 6) is -4.16. The number of carbonyl (C=O) groups is 3. The Hall–Kier alpha value is -2.88. The Morgan fingerprint density at radius 2 is 1.53 bits per heavy atom. The van der Waals surface area contributed by atoms with E-state index in [1.807, 2.05) is 0 Å². The number of alkyl halides is 3. The minimum Gasteiger partial charge on any atom is -0.465 e. The van der Waals surface area contributed by atoms with Crippen molar-refractivity contribution in [3.05, 3.63) is 48.0 Å². The first kappa shape index (κ1) is 29.2. The first-order valence-electron chi connectivity index (χ1n) is 11.0. The molecule has 0 spiro atoms. The molecule has 0 aliphatic heterocycles. The molecule has 7 nitrogen and oxygen atoms in total. The standard InChI is InChI=1S/C24H31F3O7/c1-5-18(15-11-12-16-19(20(28)32-6-2)21(29)33-7-3)34-22(30)23(31-4,24(25,26)27)17-13-9-8-10-14-17/h8-11,13-15,18-19H,5-7,12,16H2,1-4H3/b15-11+/t18-,23?/m0/s1. The van der Waals surface area contributed by atoms with Crippen molar-refractivity contribution in [2.45, 2.75) is 57.9 Å². The molecule has 1 unspecified atom stereocenters. The van der Waals surface area contributed by atoms with Crippen molar-refractivity contribution in [2.24, 2.45) is 5.92 Å². The molecule has 0 N–H and O–H groups in total. The van der Waals surface area contributed by atoms with E-state index < -0.39 is 47.3 Å². The van der Waals surface area contributed by atoms with Crippen LogP contribution in [0, 0.1) is 5.92 Å². The number of halogens is 3. The molecule has 0 bridgehead atoms. The number of esters is 3.